The Morgan fingerprint density at radius 3 is 2.67 bits per heavy atom. The van der Waals surface area contributed by atoms with Crippen molar-refractivity contribution in [2.24, 2.45) is 0 Å². The van der Waals surface area contributed by atoms with Gasteiger partial charge in [-0.05, 0) is 31.2 Å². The van der Waals surface area contributed by atoms with E-state index in [-0.39, 0.29) is 0 Å². The Kier molecular flexibility index (Phi) is 3.71. The van der Waals surface area contributed by atoms with Gasteiger partial charge in [-0.25, -0.2) is 4.98 Å². The van der Waals surface area contributed by atoms with Crippen LogP contribution in [0.4, 0.5) is 11.4 Å². The molecule has 3 nitrogen and oxygen atoms in total. The fraction of sp³-hybridized carbons (Fsp3) is 0.0769. The fourth-order valence-corrected chi connectivity index (χ4v) is 1.86. The molecule has 2 aromatic rings. The highest BCUT2D eigenvalue weighted by Gasteiger charge is 2.06. The third kappa shape index (κ3) is 2.56. The van der Waals surface area contributed by atoms with Gasteiger partial charge in [-0.15, -0.1) is 0 Å². The number of anilines is 2. The highest BCUT2D eigenvalue weighted by molar-refractivity contribution is 6.33. The van der Waals surface area contributed by atoms with E-state index in [1.165, 1.54) is 0 Å². The lowest BCUT2D eigenvalue weighted by atomic mass is 10.2. The first kappa shape index (κ1) is 12.7. The maximum absolute atomic E-state index is 8.77. The van der Waals surface area contributed by atoms with Gasteiger partial charge in [0.25, 0.3) is 0 Å². The second-order valence-corrected chi connectivity index (χ2v) is 4.47. The molecule has 5 heteroatoms. The molecule has 0 aliphatic rings. The molecule has 0 saturated heterocycles. The van der Waals surface area contributed by atoms with Gasteiger partial charge in [0.05, 0.1) is 22.3 Å². The number of benzene rings is 1. The molecule has 0 radical (unpaired) electrons. The number of nitriles is 1. The Morgan fingerprint density at radius 2 is 2.00 bits per heavy atom. The van der Waals surface area contributed by atoms with Crippen molar-refractivity contribution in [3.63, 3.8) is 0 Å². The molecule has 0 spiro atoms. The first-order chi connectivity index (χ1) is 8.61. The van der Waals surface area contributed by atoms with E-state index in [1.54, 1.807) is 24.4 Å². The molecule has 18 heavy (non-hydrogen) atoms. The van der Waals surface area contributed by atoms with E-state index in [4.69, 9.17) is 28.5 Å². The first-order valence-corrected chi connectivity index (χ1v) is 5.95. The highest BCUT2D eigenvalue weighted by Crippen LogP contribution is 2.29. The number of nitrogens with zero attached hydrogens (tertiary/aromatic N) is 2. The summed E-state index contributed by atoms with van der Waals surface area (Å²) in [6.45, 7) is 1.87. The predicted molar refractivity (Wildman–Crippen MR) is 73.4 cm³/mol. The summed E-state index contributed by atoms with van der Waals surface area (Å²) in [5.74, 6) is 0. The van der Waals surface area contributed by atoms with Gasteiger partial charge < -0.3 is 5.32 Å². The topological polar surface area (TPSA) is 48.7 Å². The van der Waals surface area contributed by atoms with Crippen molar-refractivity contribution < 1.29 is 0 Å². The van der Waals surface area contributed by atoms with Crippen molar-refractivity contribution in [1.29, 1.82) is 5.26 Å². The minimum Gasteiger partial charge on any atom is -0.354 e. The monoisotopic (exact) mass is 277 g/mol. The minimum absolute atomic E-state index is 0.449. The first-order valence-electron chi connectivity index (χ1n) is 5.19. The molecule has 1 aromatic heterocycles. The van der Waals surface area contributed by atoms with E-state index in [1.807, 2.05) is 19.1 Å². The Labute approximate surface area is 115 Å². The van der Waals surface area contributed by atoms with Gasteiger partial charge in [-0.3, -0.25) is 0 Å². The summed E-state index contributed by atoms with van der Waals surface area (Å²) in [6, 6.07) is 8.92. The van der Waals surface area contributed by atoms with Crippen LogP contribution in [0, 0.1) is 18.3 Å². The summed E-state index contributed by atoms with van der Waals surface area (Å²) in [7, 11) is 0. The smallest absolute Gasteiger partial charge is 0.133 e. The van der Waals surface area contributed by atoms with Gasteiger partial charge in [-0.1, -0.05) is 23.2 Å². The largest absolute Gasteiger partial charge is 0.354 e. The van der Waals surface area contributed by atoms with E-state index in [9.17, 15) is 0 Å². The lowest BCUT2D eigenvalue weighted by Crippen LogP contribution is -1.95. The van der Waals surface area contributed by atoms with Crippen LogP contribution >= 0.6 is 23.2 Å². The second kappa shape index (κ2) is 5.26. The van der Waals surface area contributed by atoms with E-state index in [0.717, 1.165) is 16.9 Å². The van der Waals surface area contributed by atoms with Crippen LogP contribution in [-0.2, 0) is 0 Å². The SMILES string of the molecule is Cc1c(Nc2ccc(C#N)cc2Cl)ccnc1Cl. The molecule has 2 rings (SSSR count). The van der Waals surface area contributed by atoms with Crippen molar-refractivity contribution in [2.45, 2.75) is 6.92 Å². The summed E-state index contributed by atoms with van der Waals surface area (Å²) in [5, 5.41) is 12.9. The number of hydrogen-bond acceptors (Lipinski definition) is 3. The standard InChI is InChI=1S/C13H9Cl2N3/c1-8-11(4-5-17-13(8)15)18-12-3-2-9(7-16)6-10(12)14/h2-6H,1H3,(H,17,18). The van der Waals surface area contributed by atoms with Crippen molar-refractivity contribution in [1.82, 2.24) is 4.98 Å². The van der Waals surface area contributed by atoms with Crippen LogP contribution in [0.15, 0.2) is 30.5 Å². The van der Waals surface area contributed by atoms with E-state index in [2.05, 4.69) is 10.3 Å². The Morgan fingerprint density at radius 1 is 1.22 bits per heavy atom. The van der Waals surface area contributed by atoms with Gasteiger partial charge in [0, 0.05) is 17.4 Å². The molecule has 1 heterocycles. The number of aromatic nitrogens is 1. The molecule has 0 aliphatic carbocycles. The molecular formula is C13H9Cl2N3. The molecular weight excluding hydrogens is 269 g/mol. The molecule has 0 bridgehead atoms. The van der Waals surface area contributed by atoms with Crippen molar-refractivity contribution in [3.8, 4) is 6.07 Å². The van der Waals surface area contributed by atoms with Gasteiger partial charge in [-0.2, -0.15) is 5.26 Å². The zero-order valence-corrected chi connectivity index (χ0v) is 11.0. The summed E-state index contributed by atoms with van der Waals surface area (Å²) >= 11 is 12.0. The molecule has 1 aromatic carbocycles. The Bertz CT molecular complexity index is 633. The highest BCUT2D eigenvalue weighted by atomic mass is 35.5. The maximum Gasteiger partial charge on any atom is 0.133 e. The Balaban J connectivity index is 2.35. The zero-order chi connectivity index (χ0) is 13.1. The quantitative estimate of drug-likeness (QED) is 0.832. The number of pyridine rings is 1. The fourth-order valence-electron chi connectivity index (χ4n) is 1.48. The third-order valence-electron chi connectivity index (χ3n) is 2.51. The molecule has 1 N–H and O–H groups in total. The third-order valence-corrected chi connectivity index (χ3v) is 3.20. The predicted octanol–water partition coefficient (Wildman–Crippen LogP) is 4.31. The number of hydrogen-bond donors (Lipinski definition) is 1. The molecule has 0 aliphatic heterocycles. The van der Waals surface area contributed by atoms with Crippen LogP contribution in [-0.4, -0.2) is 4.98 Å². The van der Waals surface area contributed by atoms with Crippen LogP contribution in [0.2, 0.25) is 10.2 Å². The Hall–Kier alpha value is -1.76. The van der Waals surface area contributed by atoms with Gasteiger partial charge in [0.1, 0.15) is 5.15 Å². The summed E-state index contributed by atoms with van der Waals surface area (Å²) in [5.41, 5.74) is 2.93. The van der Waals surface area contributed by atoms with Crippen LogP contribution < -0.4 is 5.32 Å². The molecule has 90 valence electrons. The maximum atomic E-state index is 8.77. The number of rotatable bonds is 2. The molecule has 0 amide bonds. The van der Waals surface area contributed by atoms with Crippen LogP contribution in [0.1, 0.15) is 11.1 Å². The second-order valence-electron chi connectivity index (χ2n) is 3.71. The van der Waals surface area contributed by atoms with Crippen LogP contribution in [0.25, 0.3) is 0 Å². The van der Waals surface area contributed by atoms with E-state index >= 15 is 0 Å². The molecule has 0 unspecified atom stereocenters. The minimum atomic E-state index is 0.449. The van der Waals surface area contributed by atoms with E-state index < -0.39 is 0 Å². The lowest BCUT2D eigenvalue weighted by molar-refractivity contribution is 1.26. The van der Waals surface area contributed by atoms with Crippen LogP contribution in [0.3, 0.4) is 0 Å². The summed E-state index contributed by atoms with van der Waals surface area (Å²) in [4.78, 5) is 3.98. The average Bonchev–Trinajstić information content (AvgIpc) is 2.37. The summed E-state index contributed by atoms with van der Waals surface area (Å²) in [6.07, 6.45) is 1.62. The zero-order valence-electron chi connectivity index (χ0n) is 9.54. The van der Waals surface area contributed by atoms with Crippen LogP contribution in [0.5, 0.6) is 0 Å². The van der Waals surface area contributed by atoms with Crippen molar-refractivity contribution in [2.75, 3.05) is 5.32 Å². The van der Waals surface area contributed by atoms with Gasteiger partial charge in [0.15, 0.2) is 0 Å². The molecule has 0 atom stereocenters. The molecule has 0 fully saturated rings. The molecule has 0 saturated carbocycles. The average molecular weight is 278 g/mol. The summed E-state index contributed by atoms with van der Waals surface area (Å²) < 4.78 is 0. The number of nitrogens with one attached hydrogen (secondary N) is 1. The normalized spacial score (nSPS) is 9.89. The number of halogens is 2. The van der Waals surface area contributed by atoms with E-state index in [0.29, 0.717) is 15.7 Å². The van der Waals surface area contributed by atoms with Gasteiger partial charge >= 0.3 is 0 Å². The van der Waals surface area contributed by atoms with Crippen molar-refractivity contribution in [3.05, 3.63) is 51.8 Å². The van der Waals surface area contributed by atoms with Crippen molar-refractivity contribution >= 4 is 34.6 Å². The lowest BCUT2D eigenvalue weighted by Gasteiger charge is -2.11. The van der Waals surface area contributed by atoms with Gasteiger partial charge in [0.2, 0.25) is 0 Å².